The van der Waals surface area contributed by atoms with E-state index in [0.29, 0.717) is 11.2 Å². The topological polar surface area (TPSA) is 159 Å². The number of nitrogen functional groups attached to an aromatic ring is 1. The van der Waals surface area contributed by atoms with Crippen LogP contribution in [-0.2, 0) is 11.3 Å². The van der Waals surface area contributed by atoms with Gasteiger partial charge in [0.2, 0.25) is 5.91 Å². The minimum atomic E-state index is -1.47. The van der Waals surface area contributed by atoms with Crippen molar-refractivity contribution in [3.05, 3.63) is 12.7 Å². The van der Waals surface area contributed by atoms with E-state index in [1.54, 1.807) is 0 Å². The van der Waals surface area contributed by atoms with E-state index in [1.807, 2.05) is 0 Å². The molecule has 2 heterocycles. The van der Waals surface area contributed by atoms with E-state index in [2.05, 4.69) is 20.3 Å². The number of fused-ring (bicyclic) bond motifs is 1. The quantitative estimate of drug-likeness (QED) is 0.383. The van der Waals surface area contributed by atoms with Crippen LogP contribution in [-0.4, -0.2) is 66.1 Å². The molecular formula is C11H16N6O4. The van der Waals surface area contributed by atoms with Gasteiger partial charge in [-0.2, -0.15) is 0 Å². The molecule has 0 aliphatic rings. The molecule has 0 unspecified atom stereocenters. The summed E-state index contributed by atoms with van der Waals surface area (Å²) < 4.78 is 1.44. The first-order chi connectivity index (χ1) is 10.0. The number of nitrogens with one attached hydrogen (secondary N) is 1. The molecule has 2 rings (SSSR count). The number of imidazole rings is 1. The molecule has 0 fully saturated rings. The Morgan fingerprint density at radius 1 is 1.24 bits per heavy atom. The van der Waals surface area contributed by atoms with Crippen molar-refractivity contribution in [2.45, 2.75) is 12.1 Å². The zero-order chi connectivity index (χ0) is 15.5. The molecular weight excluding hydrogens is 280 g/mol. The molecule has 1 amide bonds. The lowest BCUT2D eigenvalue weighted by molar-refractivity contribution is -0.125. The zero-order valence-electron chi connectivity index (χ0n) is 11.1. The van der Waals surface area contributed by atoms with Crippen molar-refractivity contribution >= 4 is 22.9 Å². The maximum atomic E-state index is 12.0. The fraction of sp³-hybridized carbons (Fsp3) is 0.455. The predicted molar refractivity (Wildman–Crippen MR) is 71.9 cm³/mol. The molecule has 6 N–H and O–H groups in total. The van der Waals surface area contributed by atoms with E-state index < -0.39 is 31.3 Å². The number of anilines is 1. The van der Waals surface area contributed by atoms with E-state index in [4.69, 9.17) is 21.1 Å². The number of aliphatic hydroxyl groups is 3. The van der Waals surface area contributed by atoms with E-state index in [0.717, 1.165) is 0 Å². The first kappa shape index (κ1) is 15.1. The molecule has 2 aromatic rings. The Hall–Kier alpha value is -2.30. The van der Waals surface area contributed by atoms with Crippen molar-refractivity contribution in [3.63, 3.8) is 0 Å². The van der Waals surface area contributed by atoms with Crippen LogP contribution in [0.15, 0.2) is 12.7 Å². The highest BCUT2D eigenvalue weighted by molar-refractivity contribution is 5.83. The van der Waals surface area contributed by atoms with Gasteiger partial charge in [-0.05, 0) is 0 Å². The van der Waals surface area contributed by atoms with Gasteiger partial charge in [-0.15, -0.1) is 0 Å². The van der Waals surface area contributed by atoms with Crippen molar-refractivity contribution in [3.8, 4) is 0 Å². The van der Waals surface area contributed by atoms with E-state index in [9.17, 15) is 4.79 Å². The third-order valence-electron chi connectivity index (χ3n) is 3.06. The number of hydrogen-bond acceptors (Lipinski definition) is 8. The van der Waals surface area contributed by atoms with Crippen LogP contribution in [0.1, 0.15) is 0 Å². The monoisotopic (exact) mass is 296 g/mol. The number of nitrogens with two attached hydrogens (primary N) is 1. The number of aliphatic hydroxyl groups excluding tert-OH is 3. The molecule has 10 heteroatoms. The largest absolute Gasteiger partial charge is 0.394 e. The third kappa shape index (κ3) is 2.91. The Balaban J connectivity index is 2.17. The molecule has 0 atom stereocenters. The standard InChI is InChI=1S/C11H16N6O4/c12-9-8-10(14-5-13-9)17(6-15-8)1-7(21)16-11(2-18,3-19)4-20/h5-6,18-20H,1-4H2,(H,16,21)(H2,12,13,14). The predicted octanol–water partition coefficient (Wildman–Crippen LogP) is -2.76. The lowest BCUT2D eigenvalue weighted by Gasteiger charge is -2.28. The van der Waals surface area contributed by atoms with Crippen molar-refractivity contribution in [1.29, 1.82) is 0 Å². The Bertz CT molecular complexity index is 630. The molecule has 2 aromatic heterocycles. The van der Waals surface area contributed by atoms with Gasteiger partial charge in [0.15, 0.2) is 11.5 Å². The molecule has 0 spiro atoms. The number of hydrogen-bond donors (Lipinski definition) is 5. The maximum absolute atomic E-state index is 12.0. The molecule has 0 aliphatic carbocycles. The van der Waals surface area contributed by atoms with Gasteiger partial charge in [-0.3, -0.25) is 4.79 Å². The number of rotatable bonds is 6. The number of carbonyl (C=O) groups excluding carboxylic acids is 1. The molecule has 21 heavy (non-hydrogen) atoms. The van der Waals surface area contributed by atoms with Gasteiger partial charge in [0, 0.05) is 0 Å². The van der Waals surface area contributed by atoms with Gasteiger partial charge in [-0.1, -0.05) is 0 Å². The Morgan fingerprint density at radius 3 is 2.52 bits per heavy atom. The lowest BCUT2D eigenvalue weighted by Crippen LogP contribution is -2.57. The Kier molecular flexibility index (Phi) is 4.31. The summed E-state index contributed by atoms with van der Waals surface area (Å²) in [7, 11) is 0. The molecule has 0 aromatic carbocycles. The fourth-order valence-electron chi connectivity index (χ4n) is 1.77. The second-order valence-electron chi connectivity index (χ2n) is 4.61. The van der Waals surface area contributed by atoms with Crippen LogP contribution in [0.4, 0.5) is 5.82 Å². The second kappa shape index (κ2) is 5.99. The third-order valence-corrected chi connectivity index (χ3v) is 3.06. The molecule has 0 radical (unpaired) electrons. The summed E-state index contributed by atoms with van der Waals surface area (Å²) in [5, 5.41) is 29.9. The summed E-state index contributed by atoms with van der Waals surface area (Å²) in [5.74, 6) is -0.321. The zero-order valence-corrected chi connectivity index (χ0v) is 11.1. The highest BCUT2D eigenvalue weighted by Gasteiger charge is 2.30. The van der Waals surface area contributed by atoms with Crippen LogP contribution < -0.4 is 11.1 Å². The molecule has 0 saturated carbocycles. The van der Waals surface area contributed by atoms with Crippen LogP contribution in [0.2, 0.25) is 0 Å². The minimum absolute atomic E-state index is 0.158. The summed E-state index contributed by atoms with van der Waals surface area (Å²) in [4.78, 5) is 23.8. The molecule has 0 saturated heterocycles. The van der Waals surface area contributed by atoms with Crippen LogP contribution in [0, 0.1) is 0 Å². The smallest absolute Gasteiger partial charge is 0.240 e. The van der Waals surface area contributed by atoms with Crippen molar-refractivity contribution in [1.82, 2.24) is 24.8 Å². The van der Waals surface area contributed by atoms with E-state index >= 15 is 0 Å². The molecule has 10 nitrogen and oxygen atoms in total. The van der Waals surface area contributed by atoms with Crippen LogP contribution in [0.25, 0.3) is 11.2 Å². The number of amides is 1. The fourth-order valence-corrected chi connectivity index (χ4v) is 1.77. The first-order valence-electron chi connectivity index (χ1n) is 6.10. The second-order valence-corrected chi connectivity index (χ2v) is 4.61. The van der Waals surface area contributed by atoms with Crippen LogP contribution in [0.3, 0.4) is 0 Å². The number of nitrogens with zero attached hydrogens (tertiary/aromatic N) is 4. The molecule has 114 valence electrons. The van der Waals surface area contributed by atoms with Gasteiger partial charge in [-0.25, -0.2) is 15.0 Å². The van der Waals surface area contributed by atoms with Gasteiger partial charge < -0.3 is 30.9 Å². The van der Waals surface area contributed by atoms with Gasteiger partial charge in [0.05, 0.1) is 26.1 Å². The summed E-state index contributed by atoms with van der Waals surface area (Å²) in [6.07, 6.45) is 2.64. The first-order valence-corrected chi connectivity index (χ1v) is 6.10. The number of carbonyl (C=O) groups is 1. The van der Waals surface area contributed by atoms with Gasteiger partial charge >= 0.3 is 0 Å². The minimum Gasteiger partial charge on any atom is -0.394 e. The summed E-state index contributed by atoms with van der Waals surface area (Å²) in [6, 6.07) is 0. The van der Waals surface area contributed by atoms with Gasteiger partial charge in [0.1, 0.15) is 23.9 Å². The SMILES string of the molecule is Nc1ncnc2c1ncn2CC(=O)NC(CO)(CO)CO. The normalized spacial score (nSPS) is 11.8. The summed E-state index contributed by atoms with van der Waals surface area (Å²) in [6.45, 7) is -1.93. The summed E-state index contributed by atoms with van der Waals surface area (Å²) in [5.41, 5.74) is 4.94. The highest BCUT2D eigenvalue weighted by atomic mass is 16.3. The van der Waals surface area contributed by atoms with E-state index in [-0.39, 0.29) is 12.4 Å². The van der Waals surface area contributed by atoms with Crippen LogP contribution >= 0.6 is 0 Å². The van der Waals surface area contributed by atoms with Crippen LogP contribution in [0.5, 0.6) is 0 Å². The Morgan fingerprint density at radius 2 is 1.90 bits per heavy atom. The highest BCUT2D eigenvalue weighted by Crippen LogP contribution is 2.14. The molecule has 0 aliphatic heterocycles. The van der Waals surface area contributed by atoms with Gasteiger partial charge in [0.25, 0.3) is 0 Å². The average molecular weight is 296 g/mol. The number of aromatic nitrogens is 4. The van der Waals surface area contributed by atoms with Crippen molar-refractivity contribution < 1.29 is 20.1 Å². The lowest BCUT2D eigenvalue weighted by atomic mass is 10.0. The van der Waals surface area contributed by atoms with E-state index in [1.165, 1.54) is 17.2 Å². The maximum Gasteiger partial charge on any atom is 0.240 e. The average Bonchev–Trinajstić information content (AvgIpc) is 2.89. The van der Waals surface area contributed by atoms with Crippen molar-refractivity contribution in [2.24, 2.45) is 0 Å². The van der Waals surface area contributed by atoms with Crippen molar-refractivity contribution in [2.75, 3.05) is 25.6 Å². The Labute approximate surface area is 119 Å². The molecule has 0 bridgehead atoms. The summed E-state index contributed by atoms with van der Waals surface area (Å²) >= 11 is 0.